The van der Waals surface area contributed by atoms with E-state index in [0.29, 0.717) is 5.41 Å². The molecule has 0 aliphatic heterocycles. The molecule has 1 radical (unpaired) electrons. The normalized spacial score (nSPS) is 12.0. The number of rotatable bonds is 5. The molecule has 0 aliphatic carbocycles. The fraction of sp³-hybridized carbons (Fsp3) is 0.889. The highest BCUT2D eigenvalue weighted by Gasteiger charge is 2.18. The Morgan fingerprint density at radius 1 is 1.30 bits per heavy atom. The van der Waals surface area contributed by atoms with E-state index in [0.717, 1.165) is 6.42 Å². The highest BCUT2D eigenvalue weighted by atomic mass is 16.2. The van der Waals surface area contributed by atoms with Crippen LogP contribution in [0.1, 0.15) is 40.0 Å². The molecule has 1 nitrogen and oxygen atoms in total. The lowest BCUT2D eigenvalue weighted by atomic mass is 9.80. The Balaban J connectivity index is 3.58. The van der Waals surface area contributed by atoms with Gasteiger partial charge in [0.1, 0.15) is 0 Å². The van der Waals surface area contributed by atoms with Crippen LogP contribution in [-0.4, -0.2) is 11.7 Å². The molecule has 0 amide bonds. The fourth-order valence-corrected chi connectivity index (χ4v) is 0.952. The van der Waals surface area contributed by atoms with Crippen LogP contribution in [0.4, 0.5) is 0 Å². The van der Waals surface area contributed by atoms with Gasteiger partial charge in [-0.15, -0.1) is 0 Å². The van der Waals surface area contributed by atoms with Gasteiger partial charge in [0.25, 0.3) is 0 Å². The Morgan fingerprint density at radius 2 is 1.80 bits per heavy atom. The van der Waals surface area contributed by atoms with Crippen LogP contribution in [0, 0.1) is 11.8 Å². The number of hydrogen-bond donors (Lipinski definition) is 1. The summed E-state index contributed by atoms with van der Waals surface area (Å²) in [6.45, 7) is 6.89. The highest BCUT2D eigenvalue weighted by molar-refractivity contribution is 4.78. The van der Waals surface area contributed by atoms with Crippen molar-refractivity contribution in [3.8, 4) is 0 Å². The maximum atomic E-state index is 8.57. The van der Waals surface area contributed by atoms with Crippen molar-refractivity contribution in [1.29, 1.82) is 0 Å². The van der Waals surface area contributed by atoms with Gasteiger partial charge in [-0.1, -0.05) is 33.6 Å². The van der Waals surface area contributed by atoms with Crippen LogP contribution in [-0.2, 0) is 0 Å². The molecule has 0 aromatic rings. The van der Waals surface area contributed by atoms with E-state index in [4.69, 9.17) is 5.11 Å². The Labute approximate surface area is 64.5 Å². The molecule has 0 spiro atoms. The molecule has 0 heterocycles. The van der Waals surface area contributed by atoms with Crippen molar-refractivity contribution >= 4 is 0 Å². The summed E-state index contributed by atoms with van der Waals surface area (Å²) in [6, 6.07) is 0. The maximum Gasteiger partial charge on any atom is 0.0462 e. The summed E-state index contributed by atoms with van der Waals surface area (Å²) in [4.78, 5) is 0. The number of aliphatic hydroxyl groups is 1. The molecule has 1 N–H and O–H groups in total. The monoisotopic (exact) mass is 143 g/mol. The molecular weight excluding hydrogens is 124 g/mol. The highest BCUT2D eigenvalue weighted by Crippen LogP contribution is 2.30. The molecule has 0 unspecified atom stereocenters. The molecule has 61 valence electrons. The summed E-state index contributed by atoms with van der Waals surface area (Å²) in [5, 5.41) is 8.57. The van der Waals surface area contributed by atoms with E-state index in [1.54, 1.807) is 0 Å². The van der Waals surface area contributed by atoms with Gasteiger partial charge in [0.15, 0.2) is 0 Å². The molecular formula is C9H19O. The van der Waals surface area contributed by atoms with Gasteiger partial charge in [0.05, 0.1) is 0 Å². The summed E-state index contributed by atoms with van der Waals surface area (Å²) in [6.07, 6.45) is 5.38. The smallest absolute Gasteiger partial charge is 0.0462 e. The molecule has 0 rings (SSSR count). The fourth-order valence-electron chi connectivity index (χ4n) is 0.952. The average Bonchev–Trinajstić information content (AvgIpc) is 2.00. The molecule has 1 heteroatoms. The molecule has 0 saturated heterocycles. The van der Waals surface area contributed by atoms with E-state index in [1.165, 1.54) is 12.8 Å². The Hall–Kier alpha value is -0.0400. The van der Waals surface area contributed by atoms with Crippen LogP contribution >= 0.6 is 0 Å². The van der Waals surface area contributed by atoms with Gasteiger partial charge in [-0.05, 0) is 18.3 Å². The van der Waals surface area contributed by atoms with Crippen molar-refractivity contribution < 1.29 is 5.11 Å². The second-order valence-electron chi connectivity index (χ2n) is 3.19. The van der Waals surface area contributed by atoms with Crippen LogP contribution in [0.2, 0.25) is 0 Å². The Bertz CT molecular complexity index is 74.8. The molecule has 0 aliphatic rings. The van der Waals surface area contributed by atoms with Crippen LogP contribution in [0.25, 0.3) is 0 Å². The van der Waals surface area contributed by atoms with E-state index < -0.39 is 0 Å². The zero-order valence-corrected chi connectivity index (χ0v) is 7.35. The van der Waals surface area contributed by atoms with Crippen molar-refractivity contribution in [1.82, 2.24) is 0 Å². The second kappa shape index (κ2) is 4.73. The minimum atomic E-state index is 0.218. The molecule has 10 heavy (non-hydrogen) atoms. The summed E-state index contributed by atoms with van der Waals surface area (Å²) in [5.74, 6) is 0. The minimum absolute atomic E-state index is 0.218. The molecule has 0 aromatic carbocycles. The van der Waals surface area contributed by atoms with Gasteiger partial charge >= 0.3 is 0 Å². The van der Waals surface area contributed by atoms with E-state index in [9.17, 15) is 0 Å². The van der Waals surface area contributed by atoms with Crippen molar-refractivity contribution in [2.45, 2.75) is 40.0 Å². The van der Waals surface area contributed by atoms with E-state index >= 15 is 0 Å². The molecule has 0 atom stereocenters. The first-order chi connectivity index (χ1) is 4.68. The average molecular weight is 143 g/mol. The summed E-state index contributed by atoms with van der Waals surface area (Å²) >= 11 is 0. The Morgan fingerprint density at radius 3 is 2.10 bits per heavy atom. The third-order valence-corrected chi connectivity index (χ3v) is 2.47. The van der Waals surface area contributed by atoms with Gasteiger partial charge in [0.2, 0.25) is 0 Å². The zero-order valence-electron chi connectivity index (χ0n) is 7.35. The van der Waals surface area contributed by atoms with Gasteiger partial charge < -0.3 is 5.11 Å². The minimum Gasteiger partial charge on any atom is -0.396 e. The van der Waals surface area contributed by atoms with Crippen molar-refractivity contribution in [3.05, 3.63) is 6.42 Å². The van der Waals surface area contributed by atoms with Gasteiger partial charge in [0, 0.05) is 6.61 Å². The standard InChI is InChI=1S/C9H19O/c1-4-9(3,5-2)7-6-8-10/h6,10H,4-5,7-8H2,1-3H3. The number of aliphatic hydroxyl groups excluding tert-OH is 1. The van der Waals surface area contributed by atoms with Crippen LogP contribution in [0.15, 0.2) is 0 Å². The molecule has 0 fully saturated rings. The number of hydrogen-bond acceptors (Lipinski definition) is 1. The summed E-state index contributed by atoms with van der Waals surface area (Å²) in [5.41, 5.74) is 0.419. The SMILES string of the molecule is CCC(C)(CC)C[CH]CO. The maximum absolute atomic E-state index is 8.57. The first-order valence-corrected chi connectivity index (χ1v) is 4.11. The summed E-state index contributed by atoms with van der Waals surface area (Å²) in [7, 11) is 0. The quantitative estimate of drug-likeness (QED) is 0.626. The van der Waals surface area contributed by atoms with E-state index in [1.807, 2.05) is 6.42 Å². The first kappa shape index (κ1) is 9.96. The third kappa shape index (κ3) is 3.21. The predicted octanol–water partition coefficient (Wildman–Crippen LogP) is 2.40. The largest absolute Gasteiger partial charge is 0.396 e. The van der Waals surface area contributed by atoms with E-state index in [2.05, 4.69) is 20.8 Å². The van der Waals surface area contributed by atoms with Crippen LogP contribution < -0.4 is 0 Å². The van der Waals surface area contributed by atoms with Crippen molar-refractivity contribution in [2.24, 2.45) is 5.41 Å². The van der Waals surface area contributed by atoms with Gasteiger partial charge in [-0.3, -0.25) is 0 Å². The molecule has 0 saturated carbocycles. The molecule has 0 bridgehead atoms. The lowest BCUT2D eigenvalue weighted by Crippen LogP contribution is -2.14. The lowest BCUT2D eigenvalue weighted by molar-refractivity contribution is 0.260. The van der Waals surface area contributed by atoms with Crippen LogP contribution in [0.3, 0.4) is 0 Å². The van der Waals surface area contributed by atoms with Gasteiger partial charge in [-0.25, -0.2) is 0 Å². The van der Waals surface area contributed by atoms with E-state index in [-0.39, 0.29) is 6.61 Å². The van der Waals surface area contributed by atoms with Crippen LogP contribution in [0.5, 0.6) is 0 Å². The lowest BCUT2D eigenvalue weighted by Gasteiger charge is -2.25. The zero-order chi connectivity index (χ0) is 8.04. The second-order valence-corrected chi connectivity index (χ2v) is 3.19. The Kier molecular flexibility index (Phi) is 4.71. The predicted molar refractivity (Wildman–Crippen MR) is 44.7 cm³/mol. The first-order valence-electron chi connectivity index (χ1n) is 4.11. The van der Waals surface area contributed by atoms with Crippen molar-refractivity contribution in [3.63, 3.8) is 0 Å². The van der Waals surface area contributed by atoms with Crippen molar-refractivity contribution in [2.75, 3.05) is 6.61 Å². The third-order valence-electron chi connectivity index (χ3n) is 2.47. The van der Waals surface area contributed by atoms with Gasteiger partial charge in [-0.2, -0.15) is 0 Å². The summed E-state index contributed by atoms with van der Waals surface area (Å²) < 4.78 is 0. The molecule has 0 aromatic heterocycles. The topological polar surface area (TPSA) is 20.2 Å².